The molecule has 6 heteroatoms. The fourth-order valence-corrected chi connectivity index (χ4v) is 5.35. The zero-order chi connectivity index (χ0) is 40.7. The molecule has 0 radical (unpaired) electrons. The van der Waals surface area contributed by atoms with E-state index >= 15 is 0 Å². The molecule has 0 aliphatic heterocycles. The lowest BCUT2D eigenvalue weighted by molar-refractivity contribution is 1.45. The summed E-state index contributed by atoms with van der Waals surface area (Å²) >= 11 is 0. The molecule has 258 valence electrons. The summed E-state index contributed by atoms with van der Waals surface area (Å²) in [6.45, 7) is 0. The second kappa shape index (κ2) is 18.2. The molecule has 6 nitrogen and oxygen atoms in total. The molecule has 0 amide bonds. The quantitative estimate of drug-likeness (QED) is 0.146. The molecule has 0 aliphatic rings. The third-order valence-corrected chi connectivity index (χ3v) is 8.31. The van der Waals surface area contributed by atoms with Crippen LogP contribution in [0.1, 0.15) is 89.0 Å². The van der Waals surface area contributed by atoms with Crippen LogP contribution in [-0.2, 0) is 0 Å². The first-order chi connectivity index (χ1) is 28.4. The number of nitrogens with zero attached hydrogens (tertiary/aromatic N) is 6. The fourth-order valence-electron chi connectivity index (χ4n) is 5.35. The Hall–Kier alpha value is -9.94. The molecule has 0 atom stereocenters. The van der Waals surface area contributed by atoms with Crippen molar-refractivity contribution in [3.63, 3.8) is 0 Å². The van der Waals surface area contributed by atoms with Gasteiger partial charge in [0.15, 0.2) is 0 Å². The molecular weight excluding hydrogens is 709 g/mol. The molecule has 0 saturated heterocycles. The van der Waals surface area contributed by atoms with Gasteiger partial charge in [-0.3, -0.25) is 0 Å². The van der Waals surface area contributed by atoms with Crippen LogP contribution >= 0.6 is 0 Å². The molecule has 58 heavy (non-hydrogen) atoms. The number of benzene rings is 6. The highest BCUT2D eigenvalue weighted by molar-refractivity contribution is 5.61. The van der Waals surface area contributed by atoms with E-state index < -0.39 is 0 Å². The van der Waals surface area contributed by atoms with Crippen molar-refractivity contribution in [2.24, 2.45) is 0 Å². The Balaban J connectivity index is 1.17. The zero-order valence-corrected chi connectivity index (χ0v) is 30.2. The van der Waals surface area contributed by atoms with Crippen molar-refractivity contribution < 1.29 is 0 Å². The molecule has 0 heterocycles. The maximum Gasteiger partial charge on any atom is 0.100 e. The van der Waals surface area contributed by atoms with Gasteiger partial charge >= 0.3 is 0 Å². The van der Waals surface area contributed by atoms with Crippen molar-refractivity contribution >= 4 is 0 Å². The van der Waals surface area contributed by atoms with Crippen molar-refractivity contribution in [3.05, 3.63) is 210 Å². The maximum absolute atomic E-state index is 9.88. The molecule has 0 unspecified atom stereocenters. The topological polar surface area (TPSA) is 143 Å². The summed E-state index contributed by atoms with van der Waals surface area (Å²) in [7, 11) is 0. The van der Waals surface area contributed by atoms with Crippen LogP contribution in [0.4, 0.5) is 0 Å². The third-order valence-electron chi connectivity index (χ3n) is 8.31. The average molecular weight is 729 g/mol. The second-order valence-electron chi connectivity index (χ2n) is 12.1. The van der Waals surface area contributed by atoms with Crippen LogP contribution in [0.5, 0.6) is 0 Å². The Morgan fingerprint density at radius 2 is 0.500 bits per heavy atom. The van der Waals surface area contributed by atoms with Gasteiger partial charge in [0, 0.05) is 55.6 Å². The number of hydrogen-bond donors (Lipinski definition) is 0. The van der Waals surface area contributed by atoms with Gasteiger partial charge in [0.1, 0.15) is 30.3 Å². The Labute approximate surface area is 336 Å². The summed E-state index contributed by atoms with van der Waals surface area (Å²) in [4.78, 5) is 0. The zero-order valence-electron chi connectivity index (χ0n) is 30.2. The standard InChI is InChI=1S/C52H20N6/c53-31-42-5-3-4-37(26-42)8-18-44-19-11-39(28-49(44)33-55)12-22-46-23-15-41(30-51(46)35-57)16-25-47-24-14-40(29-52(47)36-58)13-21-45-20-10-38(27-50(45)34-56)9-17-43-6-1-2-7-48(43)32-54/h1-7,10-11,14-15,19-20,23-24,26-30H. The molecule has 6 rings (SSSR count). The molecule has 0 bridgehead atoms. The van der Waals surface area contributed by atoms with E-state index in [1.807, 2.05) is 0 Å². The van der Waals surface area contributed by atoms with Crippen LogP contribution in [0.2, 0.25) is 0 Å². The molecule has 6 aromatic rings. The predicted molar refractivity (Wildman–Crippen MR) is 217 cm³/mol. The first kappa shape index (κ1) is 37.8. The lowest BCUT2D eigenvalue weighted by Crippen LogP contribution is -1.89. The number of hydrogen-bond acceptors (Lipinski definition) is 6. The lowest BCUT2D eigenvalue weighted by atomic mass is 10.0. The summed E-state index contributed by atoms with van der Waals surface area (Å²) in [5.74, 6) is 30.1. The van der Waals surface area contributed by atoms with Crippen molar-refractivity contribution in [2.75, 3.05) is 0 Å². The van der Waals surface area contributed by atoms with Crippen molar-refractivity contribution in [3.8, 4) is 95.6 Å². The van der Waals surface area contributed by atoms with Crippen LogP contribution in [0.25, 0.3) is 0 Å². The van der Waals surface area contributed by atoms with Crippen LogP contribution in [0.3, 0.4) is 0 Å². The minimum Gasteiger partial charge on any atom is -0.192 e. The smallest absolute Gasteiger partial charge is 0.100 e. The molecular formula is C52H20N6. The first-order valence-corrected chi connectivity index (χ1v) is 17.2. The molecule has 0 saturated carbocycles. The summed E-state index contributed by atoms with van der Waals surface area (Å²) in [6.07, 6.45) is 0. The molecule has 0 aliphatic carbocycles. The Morgan fingerprint density at radius 3 is 0.828 bits per heavy atom. The van der Waals surface area contributed by atoms with Crippen LogP contribution in [0, 0.1) is 127 Å². The Morgan fingerprint density at radius 1 is 0.207 bits per heavy atom. The second-order valence-corrected chi connectivity index (χ2v) is 12.1. The van der Waals surface area contributed by atoms with Gasteiger partial charge < -0.3 is 0 Å². The molecule has 0 aromatic heterocycles. The fraction of sp³-hybridized carbons (Fsp3) is 0. The molecule has 0 fully saturated rings. The third kappa shape index (κ3) is 9.34. The van der Waals surface area contributed by atoms with E-state index in [0.29, 0.717) is 89.0 Å². The van der Waals surface area contributed by atoms with E-state index in [2.05, 4.69) is 95.6 Å². The normalized spacial score (nSPS) is 8.93. The van der Waals surface area contributed by atoms with Gasteiger partial charge in [-0.05, 0) is 103 Å². The van der Waals surface area contributed by atoms with E-state index in [-0.39, 0.29) is 0 Å². The van der Waals surface area contributed by atoms with Gasteiger partial charge in [0.25, 0.3) is 0 Å². The Kier molecular flexibility index (Phi) is 11.9. The van der Waals surface area contributed by atoms with E-state index in [1.54, 1.807) is 121 Å². The summed E-state index contributed by atoms with van der Waals surface area (Å²) < 4.78 is 0. The SMILES string of the molecule is N#Cc1cccc(C#Cc2ccc(C#Cc3ccc(C#Cc4ccc(C#Cc5ccc(C#Cc6ccccc6C#N)cc5C#N)cc4C#N)cc3C#N)cc2C#N)c1. The van der Waals surface area contributed by atoms with E-state index in [1.165, 1.54) is 0 Å². The monoisotopic (exact) mass is 728 g/mol. The predicted octanol–water partition coefficient (Wildman–Crippen LogP) is 7.92. The number of rotatable bonds is 0. The van der Waals surface area contributed by atoms with Gasteiger partial charge in [0.05, 0.1) is 39.4 Å². The average Bonchev–Trinajstić information content (AvgIpc) is 3.28. The largest absolute Gasteiger partial charge is 0.192 e. The highest BCUT2D eigenvalue weighted by atomic mass is 14.3. The Bertz CT molecular complexity index is 3280. The van der Waals surface area contributed by atoms with Crippen molar-refractivity contribution in [1.82, 2.24) is 0 Å². The van der Waals surface area contributed by atoms with Crippen LogP contribution in [-0.4, -0.2) is 0 Å². The lowest BCUT2D eigenvalue weighted by Gasteiger charge is -2.00. The van der Waals surface area contributed by atoms with Crippen molar-refractivity contribution in [2.45, 2.75) is 0 Å². The minimum atomic E-state index is 0.313. The van der Waals surface area contributed by atoms with E-state index in [0.717, 1.165) is 0 Å². The molecule has 0 N–H and O–H groups in total. The highest BCUT2D eigenvalue weighted by Gasteiger charge is 2.06. The minimum absolute atomic E-state index is 0.313. The van der Waals surface area contributed by atoms with Crippen LogP contribution < -0.4 is 0 Å². The van der Waals surface area contributed by atoms with Gasteiger partial charge in [-0.1, -0.05) is 77.4 Å². The van der Waals surface area contributed by atoms with Crippen LogP contribution in [0.15, 0.2) is 121 Å². The summed E-state index contributed by atoms with van der Waals surface area (Å²) in [5, 5.41) is 57.7. The maximum atomic E-state index is 9.88. The van der Waals surface area contributed by atoms with Gasteiger partial charge in [0.2, 0.25) is 0 Å². The van der Waals surface area contributed by atoms with E-state index in [4.69, 9.17) is 5.26 Å². The summed E-state index contributed by atoms with van der Waals surface area (Å²) in [6, 6.07) is 47.1. The first-order valence-electron chi connectivity index (χ1n) is 17.2. The van der Waals surface area contributed by atoms with E-state index in [9.17, 15) is 26.3 Å². The number of nitriles is 6. The van der Waals surface area contributed by atoms with Crippen molar-refractivity contribution in [1.29, 1.82) is 31.6 Å². The van der Waals surface area contributed by atoms with Gasteiger partial charge in [-0.2, -0.15) is 31.6 Å². The van der Waals surface area contributed by atoms with Gasteiger partial charge in [-0.15, -0.1) is 0 Å². The highest BCUT2D eigenvalue weighted by Crippen LogP contribution is 2.16. The molecule has 0 spiro atoms. The summed E-state index contributed by atoms with van der Waals surface area (Å²) in [5.41, 5.74) is 7.82. The molecule has 6 aromatic carbocycles. The van der Waals surface area contributed by atoms with Gasteiger partial charge in [-0.25, -0.2) is 0 Å².